The van der Waals surface area contributed by atoms with Gasteiger partial charge in [0.2, 0.25) is 0 Å². The van der Waals surface area contributed by atoms with Crippen molar-refractivity contribution >= 4 is 5.69 Å². The Kier molecular flexibility index (Phi) is 2.86. The second-order valence-electron chi connectivity index (χ2n) is 6.66. The maximum atomic E-state index is 3.61. The van der Waals surface area contributed by atoms with Crippen LogP contribution < -0.4 is 10.2 Å². The molecule has 1 fully saturated rings. The lowest BCUT2D eigenvalue weighted by molar-refractivity contribution is 0.519. The summed E-state index contributed by atoms with van der Waals surface area (Å²) < 4.78 is 0. The van der Waals surface area contributed by atoms with E-state index >= 15 is 0 Å². The molecule has 0 bridgehead atoms. The number of nitrogens with one attached hydrogen (secondary N) is 1. The molecule has 1 heterocycles. The van der Waals surface area contributed by atoms with Crippen LogP contribution in [0.3, 0.4) is 0 Å². The molecule has 0 aromatic heterocycles. The first-order chi connectivity index (χ1) is 8.56. The van der Waals surface area contributed by atoms with Crippen LogP contribution >= 0.6 is 0 Å². The molecule has 2 nitrogen and oxygen atoms in total. The third kappa shape index (κ3) is 2.26. The summed E-state index contributed by atoms with van der Waals surface area (Å²) in [4.78, 5) is 2.35. The topological polar surface area (TPSA) is 15.3 Å². The van der Waals surface area contributed by atoms with Gasteiger partial charge in [-0.1, -0.05) is 26.0 Å². The molecule has 1 atom stereocenters. The van der Waals surface area contributed by atoms with E-state index in [9.17, 15) is 0 Å². The van der Waals surface area contributed by atoms with Gasteiger partial charge in [0.15, 0.2) is 0 Å². The summed E-state index contributed by atoms with van der Waals surface area (Å²) in [7, 11) is 2.18. The summed E-state index contributed by atoms with van der Waals surface area (Å²) in [5.74, 6) is 0.887. The second kappa shape index (κ2) is 4.27. The van der Waals surface area contributed by atoms with Crippen molar-refractivity contribution in [3.8, 4) is 0 Å². The van der Waals surface area contributed by atoms with Crippen LogP contribution in [0, 0.1) is 11.3 Å². The van der Waals surface area contributed by atoms with Crippen LogP contribution in [0.2, 0.25) is 0 Å². The zero-order chi connectivity index (χ0) is 12.8. The number of likely N-dealkylation sites (N-methyl/N-ethyl adjacent to an activating group) is 1. The molecule has 1 N–H and O–H groups in total. The monoisotopic (exact) mass is 244 g/mol. The molecular formula is C16H24N2. The van der Waals surface area contributed by atoms with Gasteiger partial charge in [-0.05, 0) is 47.9 Å². The Balaban J connectivity index is 1.54. The van der Waals surface area contributed by atoms with Crippen LogP contribution in [0.25, 0.3) is 0 Å². The van der Waals surface area contributed by atoms with Crippen molar-refractivity contribution in [1.82, 2.24) is 5.32 Å². The molecule has 18 heavy (non-hydrogen) atoms. The predicted octanol–water partition coefficient (Wildman–Crippen LogP) is 2.81. The number of fused-ring (bicyclic) bond motifs is 1. The van der Waals surface area contributed by atoms with E-state index < -0.39 is 0 Å². The molecule has 98 valence electrons. The number of hydrogen-bond donors (Lipinski definition) is 1. The number of rotatable bonds is 4. The molecule has 0 saturated heterocycles. The molecule has 2 aliphatic rings. The number of nitrogens with zero attached hydrogens (tertiary/aromatic N) is 1. The maximum absolute atomic E-state index is 3.61. The standard InChI is InChI=1S/C16H24N2/c1-16(2)9-14(16)11-17-10-12-4-5-15-13(8-12)6-7-18(15)3/h4-5,8,14,17H,6-7,9-11H2,1-3H3. The summed E-state index contributed by atoms with van der Waals surface area (Å²) in [6.07, 6.45) is 2.59. The van der Waals surface area contributed by atoms with Gasteiger partial charge in [-0.3, -0.25) is 0 Å². The number of benzene rings is 1. The van der Waals surface area contributed by atoms with Gasteiger partial charge < -0.3 is 10.2 Å². The number of hydrogen-bond acceptors (Lipinski definition) is 2. The van der Waals surface area contributed by atoms with Crippen molar-refractivity contribution in [2.75, 3.05) is 25.0 Å². The van der Waals surface area contributed by atoms with Crippen molar-refractivity contribution < 1.29 is 0 Å². The minimum absolute atomic E-state index is 0.591. The molecule has 0 radical (unpaired) electrons. The Morgan fingerprint density at radius 3 is 2.89 bits per heavy atom. The molecule has 1 aliphatic heterocycles. The lowest BCUT2D eigenvalue weighted by Crippen LogP contribution is -2.18. The lowest BCUT2D eigenvalue weighted by atomic mass is 10.1. The molecule has 1 unspecified atom stereocenters. The Hall–Kier alpha value is -1.02. The lowest BCUT2D eigenvalue weighted by Gasteiger charge is -2.12. The van der Waals surface area contributed by atoms with Crippen molar-refractivity contribution in [2.24, 2.45) is 11.3 Å². The first kappa shape index (κ1) is 12.0. The normalized spacial score (nSPS) is 24.2. The van der Waals surface area contributed by atoms with Gasteiger partial charge in [-0.2, -0.15) is 0 Å². The summed E-state index contributed by atoms with van der Waals surface area (Å²) in [6, 6.07) is 6.93. The van der Waals surface area contributed by atoms with E-state index in [0.29, 0.717) is 5.41 Å². The fourth-order valence-electron chi connectivity index (χ4n) is 3.05. The van der Waals surface area contributed by atoms with Crippen LogP contribution in [-0.2, 0) is 13.0 Å². The molecule has 1 saturated carbocycles. The Labute approximate surface area is 110 Å². The van der Waals surface area contributed by atoms with Crippen LogP contribution in [0.1, 0.15) is 31.4 Å². The molecule has 2 heteroatoms. The highest BCUT2D eigenvalue weighted by Gasteiger charge is 2.44. The van der Waals surface area contributed by atoms with Gasteiger partial charge in [-0.15, -0.1) is 0 Å². The van der Waals surface area contributed by atoms with E-state index in [1.807, 2.05) is 0 Å². The van der Waals surface area contributed by atoms with Gasteiger partial charge in [-0.25, -0.2) is 0 Å². The quantitative estimate of drug-likeness (QED) is 0.876. The first-order valence-electron chi connectivity index (χ1n) is 7.10. The van der Waals surface area contributed by atoms with Crippen molar-refractivity contribution in [3.05, 3.63) is 29.3 Å². The van der Waals surface area contributed by atoms with Crippen LogP contribution in [0.5, 0.6) is 0 Å². The average Bonchev–Trinajstić information content (AvgIpc) is 2.77. The summed E-state index contributed by atoms with van der Waals surface area (Å²) in [5, 5.41) is 3.61. The first-order valence-corrected chi connectivity index (χ1v) is 7.10. The minimum atomic E-state index is 0.591. The maximum Gasteiger partial charge on any atom is 0.0397 e. The average molecular weight is 244 g/mol. The Bertz CT molecular complexity index is 450. The number of anilines is 1. The third-order valence-corrected chi connectivity index (χ3v) is 4.71. The van der Waals surface area contributed by atoms with Gasteiger partial charge in [0.25, 0.3) is 0 Å². The predicted molar refractivity (Wildman–Crippen MR) is 77.0 cm³/mol. The van der Waals surface area contributed by atoms with Gasteiger partial charge >= 0.3 is 0 Å². The largest absolute Gasteiger partial charge is 0.374 e. The zero-order valence-electron chi connectivity index (χ0n) is 11.8. The molecule has 1 aliphatic carbocycles. The van der Waals surface area contributed by atoms with Crippen molar-refractivity contribution in [2.45, 2.75) is 33.2 Å². The van der Waals surface area contributed by atoms with E-state index in [4.69, 9.17) is 0 Å². The molecule has 3 rings (SSSR count). The summed E-state index contributed by atoms with van der Waals surface area (Å²) >= 11 is 0. The minimum Gasteiger partial charge on any atom is -0.374 e. The summed E-state index contributed by atoms with van der Waals surface area (Å²) in [6.45, 7) is 8.09. The fraction of sp³-hybridized carbons (Fsp3) is 0.625. The second-order valence-corrected chi connectivity index (χ2v) is 6.66. The fourth-order valence-corrected chi connectivity index (χ4v) is 3.05. The smallest absolute Gasteiger partial charge is 0.0397 e. The molecule has 0 spiro atoms. The van der Waals surface area contributed by atoms with Gasteiger partial charge in [0.1, 0.15) is 0 Å². The van der Waals surface area contributed by atoms with E-state index in [0.717, 1.165) is 12.5 Å². The molecular weight excluding hydrogens is 220 g/mol. The third-order valence-electron chi connectivity index (χ3n) is 4.71. The highest BCUT2D eigenvalue weighted by Crippen LogP contribution is 2.50. The Morgan fingerprint density at radius 1 is 1.39 bits per heavy atom. The molecule has 1 aromatic carbocycles. The highest BCUT2D eigenvalue weighted by atomic mass is 15.1. The molecule has 1 aromatic rings. The highest BCUT2D eigenvalue weighted by molar-refractivity contribution is 5.58. The van der Waals surface area contributed by atoms with Crippen LogP contribution in [0.4, 0.5) is 5.69 Å². The van der Waals surface area contributed by atoms with Gasteiger partial charge in [0.05, 0.1) is 0 Å². The van der Waals surface area contributed by atoms with E-state index in [2.05, 4.69) is 49.3 Å². The SMILES string of the molecule is CN1CCc2cc(CNCC3CC3(C)C)ccc21. The van der Waals surface area contributed by atoms with E-state index in [-0.39, 0.29) is 0 Å². The van der Waals surface area contributed by atoms with Gasteiger partial charge in [0, 0.05) is 25.8 Å². The van der Waals surface area contributed by atoms with Crippen LogP contribution in [-0.4, -0.2) is 20.1 Å². The van der Waals surface area contributed by atoms with Crippen molar-refractivity contribution in [1.29, 1.82) is 0 Å². The van der Waals surface area contributed by atoms with Crippen LogP contribution in [0.15, 0.2) is 18.2 Å². The van der Waals surface area contributed by atoms with Crippen molar-refractivity contribution in [3.63, 3.8) is 0 Å². The summed E-state index contributed by atoms with van der Waals surface area (Å²) in [5.41, 5.74) is 4.96. The van der Waals surface area contributed by atoms with E-state index in [1.165, 1.54) is 42.7 Å². The van der Waals surface area contributed by atoms with E-state index in [1.54, 1.807) is 0 Å². The zero-order valence-corrected chi connectivity index (χ0v) is 11.8. The Morgan fingerprint density at radius 2 is 2.17 bits per heavy atom. The molecule has 0 amide bonds.